The quantitative estimate of drug-likeness (QED) is 0.383. The molecule has 6 nitrogen and oxygen atoms in total. The van der Waals surface area contributed by atoms with Crippen LogP contribution in [0.3, 0.4) is 0 Å². The lowest BCUT2D eigenvalue weighted by atomic mass is 10.0. The van der Waals surface area contributed by atoms with Crippen LogP contribution in [0.15, 0.2) is 66.7 Å². The number of benzene rings is 3. The van der Waals surface area contributed by atoms with Crippen molar-refractivity contribution in [3.05, 3.63) is 83.4 Å². The van der Waals surface area contributed by atoms with Gasteiger partial charge in [-0.25, -0.2) is 15.0 Å². The maximum atomic E-state index is 13.6. The van der Waals surface area contributed by atoms with Gasteiger partial charge in [0.2, 0.25) is 0 Å². The molecule has 4 aromatic rings. The van der Waals surface area contributed by atoms with Crippen molar-refractivity contribution in [2.24, 2.45) is 0 Å². The first-order valence-corrected chi connectivity index (χ1v) is 10.1. The summed E-state index contributed by atoms with van der Waals surface area (Å²) in [5, 5.41) is 1.37. The second-order valence-corrected chi connectivity index (χ2v) is 8.45. The van der Waals surface area contributed by atoms with Gasteiger partial charge in [0.05, 0.1) is 27.7 Å². The van der Waals surface area contributed by atoms with Crippen LogP contribution in [0, 0.1) is 6.92 Å². The van der Waals surface area contributed by atoms with Crippen LogP contribution in [0.2, 0.25) is 0 Å². The third kappa shape index (κ3) is 3.97. The van der Waals surface area contributed by atoms with E-state index in [9.17, 15) is 9.59 Å². The molecule has 4 rings (SSSR count). The molecule has 1 aromatic heterocycles. The van der Waals surface area contributed by atoms with Gasteiger partial charge in [-0.1, -0.05) is 36.4 Å². The lowest BCUT2D eigenvalue weighted by molar-refractivity contribution is 0.0360. The van der Waals surface area contributed by atoms with E-state index in [0.717, 1.165) is 11.1 Å². The zero-order valence-corrected chi connectivity index (χ0v) is 18.0. The summed E-state index contributed by atoms with van der Waals surface area (Å²) in [5.74, 6) is -0.678. The van der Waals surface area contributed by atoms with Crippen LogP contribution >= 0.6 is 0 Å². The van der Waals surface area contributed by atoms with Crippen molar-refractivity contribution in [3.8, 4) is 0 Å². The predicted molar refractivity (Wildman–Crippen MR) is 122 cm³/mol. The van der Waals surface area contributed by atoms with Crippen LogP contribution in [0.4, 0.5) is 0 Å². The molecule has 0 fully saturated rings. The highest BCUT2D eigenvalue weighted by molar-refractivity contribution is 6.07. The fourth-order valence-electron chi connectivity index (χ4n) is 3.45. The van der Waals surface area contributed by atoms with Crippen LogP contribution in [0.5, 0.6) is 0 Å². The van der Waals surface area contributed by atoms with Crippen LogP contribution < -0.4 is 5.43 Å². The molecule has 0 saturated carbocycles. The van der Waals surface area contributed by atoms with E-state index < -0.39 is 5.54 Å². The third-order valence-electron chi connectivity index (χ3n) is 5.08. The Morgan fingerprint density at radius 2 is 1.35 bits per heavy atom. The summed E-state index contributed by atoms with van der Waals surface area (Å²) in [4.78, 5) is 35.9. The topological polar surface area (TPSA) is 75.2 Å². The van der Waals surface area contributed by atoms with Gasteiger partial charge in [-0.3, -0.25) is 15.0 Å². The van der Waals surface area contributed by atoms with E-state index >= 15 is 0 Å². The van der Waals surface area contributed by atoms with E-state index in [4.69, 9.17) is 4.98 Å². The minimum absolute atomic E-state index is 0.335. The van der Waals surface area contributed by atoms with Crippen molar-refractivity contribution >= 4 is 33.9 Å². The number of hydrogen-bond donors (Lipinski definition) is 1. The van der Waals surface area contributed by atoms with Crippen LogP contribution in [0.1, 0.15) is 47.1 Å². The van der Waals surface area contributed by atoms with Crippen molar-refractivity contribution in [2.75, 3.05) is 0 Å². The monoisotopic (exact) mass is 412 g/mol. The Morgan fingerprint density at radius 1 is 0.774 bits per heavy atom. The van der Waals surface area contributed by atoms with Gasteiger partial charge in [-0.15, -0.1) is 0 Å². The number of amides is 2. The van der Waals surface area contributed by atoms with Crippen molar-refractivity contribution in [3.63, 3.8) is 0 Å². The molecule has 1 heterocycles. The molecule has 0 unspecified atom stereocenters. The second kappa shape index (κ2) is 7.80. The Labute approximate surface area is 180 Å². The van der Waals surface area contributed by atoms with Crippen molar-refractivity contribution in [1.29, 1.82) is 0 Å². The zero-order valence-electron chi connectivity index (χ0n) is 18.0. The molecular weight excluding hydrogens is 388 g/mol. The van der Waals surface area contributed by atoms with Gasteiger partial charge in [0.25, 0.3) is 11.8 Å². The Balaban J connectivity index is 1.77. The minimum atomic E-state index is -0.665. The summed E-state index contributed by atoms with van der Waals surface area (Å²) >= 11 is 0. The molecule has 1 N–H and O–H groups in total. The molecule has 3 aromatic carbocycles. The summed E-state index contributed by atoms with van der Waals surface area (Å²) in [6, 6.07) is 20.2. The first-order chi connectivity index (χ1) is 14.8. The summed E-state index contributed by atoms with van der Waals surface area (Å²) in [5.41, 5.74) is 6.50. The summed E-state index contributed by atoms with van der Waals surface area (Å²) in [7, 11) is 0. The molecule has 0 radical (unpaired) electrons. The second-order valence-electron chi connectivity index (χ2n) is 8.45. The molecule has 0 atom stereocenters. The maximum Gasteiger partial charge on any atom is 0.275 e. The largest absolute Gasteiger partial charge is 0.275 e. The molecule has 6 heteroatoms. The number of aromatic nitrogens is 2. The van der Waals surface area contributed by atoms with E-state index in [2.05, 4.69) is 10.4 Å². The maximum absolute atomic E-state index is 13.6. The van der Waals surface area contributed by atoms with Crippen molar-refractivity contribution in [2.45, 2.75) is 33.2 Å². The summed E-state index contributed by atoms with van der Waals surface area (Å²) < 4.78 is 0. The molecule has 156 valence electrons. The number of carbonyl (C=O) groups is 2. The number of nitrogens with one attached hydrogen (secondary N) is 1. The van der Waals surface area contributed by atoms with Gasteiger partial charge >= 0.3 is 0 Å². The number of rotatable bonds is 2. The van der Waals surface area contributed by atoms with E-state index in [0.29, 0.717) is 27.7 Å². The van der Waals surface area contributed by atoms with E-state index in [-0.39, 0.29) is 11.8 Å². The van der Waals surface area contributed by atoms with Gasteiger partial charge in [0.15, 0.2) is 0 Å². The number of fused-ring (bicyclic) bond motifs is 2. The number of nitrogens with zero attached hydrogens (tertiary/aromatic N) is 3. The Hall–Kier alpha value is -3.80. The fourth-order valence-corrected chi connectivity index (χ4v) is 3.45. The molecule has 31 heavy (non-hydrogen) atoms. The molecule has 2 amide bonds. The first-order valence-electron chi connectivity index (χ1n) is 10.1. The number of aryl methyl sites for hydroxylation is 1. The van der Waals surface area contributed by atoms with Gasteiger partial charge in [-0.05, 0) is 63.6 Å². The molecule has 0 aliphatic carbocycles. The zero-order chi connectivity index (χ0) is 22.2. The van der Waals surface area contributed by atoms with Crippen LogP contribution in [0.25, 0.3) is 22.1 Å². The van der Waals surface area contributed by atoms with Crippen molar-refractivity contribution in [1.82, 2.24) is 20.4 Å². The highest BCUT2D eigenvalue weighted by Gasteiger charge is 2.31. The van der Waals surface area contributed by atoms with E-state index in [1.165, 1.54) is 5.01 Å². The molecule has 0 spiro atoms. The van der Waals surface area contributed by atoms with Gasteiger partial charge < -0.3 is 0 Å². The highest BCUT2D eigenvalue weighted by atomic mass is 16.2. The highest BCUT2D eigenvalue weighted by Crippen LogP contribution is 2.23. The fraction of sp³-hybridized carbons (Fsp3) is 0.200. The number of carbonyl (C=O) groups excluding carboxylic acids is 2. The van der Waals surface area contributed by atoms with Gasteiger partial charge in [-0.2, -0.15) is 0 Å². The van der Waals surface area contributed by atoms with Crippen LogP contribution in [-0.4, -0.2) is 32.3 Å². The number of para-hydroxylation sites is 3. The molecule has 0 aliphatic rings. The van der Waals surface area contributed by atoms with Gasteiger partial charge in [0, 0.05) is 5.56 Å². The summed E-state index contributed by atoms with van der Waals surface area (Å²) in [6.45, 7) is 7.48. The predicted octanol–water partition coefficient (Wildman–Crippen LogP) is 4.68. The van der Waals surface area contributed by atoms with Gasteiger partial charge in [0.1, 0.15) is 5.52 Å². The third-order valence-corrected chi connectivity index (χ3v) is 5.08. The van der Waals surface area contributed by atoms with E-state index in [1.807, 2.05) is 70.2 Å². The van der Waals surface area contributed by atoms with Crippen molar-refractivity contribution < 1.29 is 9.59 Å². The molecule has 0 saturated heterocycles. The van der Waals surface area contributed by atoms with Crippen LogP contribution in [-0.2, 0) is 0 Å². The first kappa shape index (κ1) is 20.5. The minimum Gasteiger partial charge on any atom is -0.267 e. The standard InChI is InChI=1S/C25H24N4O2/c1-16-10-5-6-11-17(16)23(30)28-29(25(2,3)4)24(31)18-12-9-15-21-22(18)27-20-14-8-7-13-19(20)26-21/h5-15H,1-4H3,(H,28,30). The molecular formula is C25H24N4O2. The molecule has 0 aliphatic heterocycles. The SMILES string of the molecule is Cc1ccccc1C(=O)NN(C(=O)c1cccc2nc3ccccc3nc12)C(C)(C)C. The summed E-state index contributed by atoms with van der Waals surface area (Å²) in [6.07, 6.45) is 0. The Morgan fingerprint density at radius 3 is 2.03 bits per heavy atom. The smallest absolute Gasteiger partial charge is 0.267 e. The Bertz CT molecular complexity index is 1310. The lowest BCUT2D eigenvalue weighted by Gasteiger charge is -2.35. The lowest BCUT2D eigenvalue weighted by Crippen LogP contribution is -2.56. The number of hydrazine groups is 1. The average molecular weight is 412 g/mol. The number of hydrogen-bond acceptors (Lipinski definition) is 4. The average Bonchev–Trinajstić information content (AvgIpc) is 2.74. The van der Waals surface area contributed by atoms with E-state index in [1.54, 1.807) is 24.3 Å². The normalized spacial score (nSPS) is 11.5. The molecule has 0 bridgehead atoms. The Kier molecular flexibility index (Phi) is 5.15.